The number of nitrogens with one attached hydrogen (secondary N) is 1. The highest BCUT2D eigenvalue weighted by atomic mass is 35.5. The number of carboxylic acid groups (broad SMARTS) is 1. The van der Waals surface area contributed by atoms with E-state index in [1.165, 1.54) is 40.2 Å². The van der Waals surface area contributed by atoms with Crippen molar-refractivity contribution in [1.82, 2.24) is 25.2 Å². The van der Waals surface area contributed by atoms with Crippen LogP contribution in [-0.4, -0.2) is 71.4 Å². The molecular weight excluding hydrogens is 581 g/mol. The average Bonchev–Trinajstić information content (AvgIpc) is 2.82. The molecule has 2 atom stereocenters. The van der Waals surface area contributed by atoms with Gasteiger partial charge in [0.1, 0.15) is 38.3 Å². The summed E-state index contributed by atoms with van der Waals surface area (Å²) in [6.45, 7) is 0. The van der Waals surface area contributed by atoms with Crippen molar-refractivity contribution < 1.29 is 19.5 Å². The van der Waals surface area contributed by atoms with Gasteiger partial charge in [0.2, 0.25) is 11.9 Å². The maximum Gasteiger partial charge on any atom is 0.352 e. The van der Waals surface area contributed by atoms with E-state index in [9.17, 15) is 19.5 Å². The van der Waals surface area contributed by atoms with Crippen molar-refractivity contribution in [3.63, 3.8) is 0 Å². The molecule has 6 N–H and O–H groups in total. The number of aromatic nitrogens is 3. The molecule has 2 aromatic heterocycles. The first kappa shape index (κ1) is 27.4. The van der Waals surface area contributed by atoms with Crippen LogP contribution in [0.25, 0.3) is 0 Å². The molecule has 1 fully saturated rings. The monoisotopic (exact) mass is 599 g/mol. The number of hydrogen-bond acceptors (Lipinski definition) is 11. The summed E-state index contributed by atoms with van der Waals surface area (Å²) in [5.74, 6) is -0.883. The summed E-state index contributed by atoms with van der Waals surface area (Å²) in [6, 6.07) is 3.93. The molecule has 0 unspecified atom stereocenters. The molecule has 11 nitrogen and oxygen atoms in total. The van der Waals surface area contributed by atoms with Gasteiger partial charge in [-0.25, -0.2) is 14.8 Å². The highest BCUT2D eigenvalue weighted by Crippen LogP contribution is 2.40. The predicted molar refractivity (Wildman–Crippen MR) is 145 cm³/mol. The molecule has 0 radical (unpaired) electrons. The molecule has 2 aromatic rings. The lowest BCUT2D eigenvalue weighted by Crippen LogP contribution is -2.70. The van der Waals surface area contributed by atoms with Crippen molar-refractivity contribution in [3.05, 3.63) is 51.9 Å². The molecule has 0 saturated carbocycles. The van der Waals surface area contributed by atoms with E-state index >= 15 is 0 Å². The minimum atomic E-state index is -1.21. The van der Waals surface area contributed by atoms with Gasteiger partial charge in [0.25, 0.3) is 5.91 Å². The molecule has 194 valence electrons. The number of allylic oxidation sites excluding steroid dienone is 1. The normalized spacial score (nSPS) is 19.1. The van der Waals surface area contributed by atoms with Crippen molar-refractivity contribution in [2.24, 2.45) is 0 Å². The molecule has 0 aromatic carbocycles. The van der Waals surface area contributed by atoms with E-state index < -0.39 is 23.3 Å². The predicted octanol–water partition coefficient (Wildman–Crippen LogP) is 2.52. The number of carboxylic acids is 1. The van der Waals surface area contributed by atoms with Crippen LogP contribution in [0.2, 0.25) is 10.3 Å². The van der Waals surface area contributed by atoms with E-state index in [1.54, 1.807) is 30.4 Å². The number of anilines is 2. The standard InChI is InChI=1S/C21H19Cl2N7O4S3/c22-11-4-10(5-12(23)26-11)36-8-14(31)28-16-18(32)30-17(20(33)34)9(7-37-19(16)30)2-1-3-35-15-6-13(24)27-21(25)29-15/h1-2,4-6,16,19H,3,7-8H2,(H,28,31)(H,33,34)(H4,24,25,27,29)/b2-1+/t16-,19-/m1/s1. The first-order valence-electron chi connectivity index (χ1n) is 10.5. The number of rotatable bonds is 9. The topological polar surface area (TPSA) is 177 Å². The quantitative estimate of drug-likeness (QED) is 0.143. The second-order valence-corrected chi connectivity index (χ2v) is 11.5. The summed E-state index contributed by atoms with van der Waals surface area (Å²) in [5, 5.41) is 13.0. The van der Waals surface area contributed by atoms with Crippen LogP contribution in [0.5, 0.6) is 0 Å². The van der Waals surface area contributed by atoms with Crippen LogP contribution >= 0.6 is 58.5 Å². The summed E-state index contributed by atoms with van der Waals surface area (Å²) in [4.78, 5) is 50.9. The molecule has 2 aliphatic rings. The maximum atomic E-state index is 12.8. The average molecular weight is 601 g/mol. The van der Waals surface area contributed by atoms with Crippen LogP contribution in [0.1, 0.15) is 0 Å². The zero-order valence-electron chi connectivity index (χ0n) is 18.8. The fourth-order valence-corrected chi connectivity index (χ4v) is 6.93. The van der Waals surface area contributed by atoms with Crippen molar-refractivity contribution in [3.8, 4) is 0 Å². The first-order chi connectivity index (χ1) is 17.6. The van der Waals surface area contributed by atoms with Gasteiger partial charge in [-0.15, -0.1) is 35.3 Å². The van der Waals surface area contributed by atoms with Gasteiger partial charge >= 0.3 is 5.97 Å². The lowest BCUT2D eigenvalue weighted by atomic mass is 10.0. The van der Waals surface area contributed by atoms with Crippen LogP contribution in [0.15, 0.2) is 51.5 Å². The van der Waals surface area contributed by atoms with Crippen LogP contribution in [0.4, 0.5) is 11.8 Å². The minimum Gasteiger partial charge on any atom is -0.477 e. The van der Waals surface area contributed by atoms with Crippen molar-refractivity contribution >= 4 is 88.0 Å². The Labute approximate surface area is 233 Å². The molecule has 4 rings (SSSR count). The Morgan fingerprint density at radius 1 is 1.19 bits per heavy atom. The number of β-lactam (4-membered cyclic amide) rings is 1. The van der Waals surface area contributed by atoms with E-state index in [4.69, 9.17) is 34.7 Å². The van der Waals surface area contributed by atoms with Crippen LogP contribution in [0.3, 0.4) is 0 Å². The van der Waals surface area contributed by atoms with Crippen LogP contribution in [-0.2, 0) is 14.4 Å². The van der Waals surface area contributed by atoms with Gasteiger partial charge in [0, 0.05) is 22.5 Å². The third-order valence-corrected chi connectivity index (χ3v) is 8.54. The molecule has 0 spiro atoms. The first-order valence-corrected chi connectivity index (χ1v) is 14.3. The number of aliphatic carboxylic acids is 1. The third kappa shape index (κ3) is 6.62. The Morgan fingerprint density at radius 3 is 2.59 bits per heavy atom. The van der Waals surface area contributed by atoms with Gasteiger partial charge < -0.3 is 21.9 Å². The molecule has 16 heteroatoms. The van der Waals surface area contributed by atoms with E-state index in [0.717, 1.165) is 0 Å². The summed E-state index contributed by atoms with van der Waals surface area (Å²) >= 11 is 15.7. The Hall–Kier alpha value is -2.65. The van der Waals surface area contributed by atoms with Crippen LogP contribution in [0, 0.1) is 0 Å². The lowest BCUT2D eigenvalue weighted by Gasteiger charge is -2.49. The van der Waals surface area contributed by atoms with E-state index in [0.29, 0.717) is 27.0 Å². The molecule has 0 bridgehead atoms. The van der Waals surface area contributed by atoms with Gasteiger partial charge in [0.15, 0.2) is 0 Å². The number of nitrogen functional groups attached to an aromatic ring is 2. The molecular formula is C21H19Cl2N7O4S3. The molecule has 2 amide bonds. The van der Waals surface area contributed by atoms with E-state index in [-0.39, 0.29) is 39.4 Å². The van der Waals surface area contributed by atoms with Crippen LogP contribution < -0.4 is 16.8 Å². The second-order valence-electron chi connectivity index (χ2n) is 7.57. The third-order valence-electron chi connectivity index (χ3n) is 5.01. The molecule has 37 heavy (non-hydrogen) atoms. The summed E-state index contributed by atoms with van der Waals surface area (Å²) in [5.41, 5.74) is 11.7. The number of amides is 2. The molecule has 2 aliphatic heterocycles. The fraction of sp³-hybridized carbons (Fsp3) is 0.238. The summed E-state index contributed by atoms with van der Waals surface area (Å²) < 4.78 is 0. The fourth-order valence-electron chi connectivity index (χ4n) is 3.52. The Bertz CT molecular complexity index is 1290. The number of hydrogen-bond donors (Lipinski definition) is 4. The molecule has 1 saturated heterocycles. The highest BCUT2D eigenvalue weighted by Gasteiger charge is 2.53. The van der Waals surface area contributed by atoms with Gasteiger partial charge in [-0.2, -0.15) is 4.98 Å². The maximum absolute atomic E-state index is 12.8. The van der Waals surface area contributed by atoms with Gasteiger partial charge in [-0.1, -0.05) is 35.4 Å². The van der Waals surface area contributed by atoms with E-state index in [2.05, 4.69) is 20.3 Å². The number of pyridine rings is 1. The summed E-state index contributed by atoms with van der Waals surface area (Å²) in [6.07, 6.45) is 3.45. The zero-order valence-corrected chi connectivity index (χ0v) is 22.7. The van der Waals surface area contributed by atoms with Gasteiger partial charge in [-0.3, -0.25) is 14.5 Å². The summed E-state index contributed by atoms with van der Waals surface area (Å²) in [7, 11) is 0. The highest BCUT2D eigenvalue weighted by molar-refractivity contribution is 8.00. The molecule has 0 aliphatic carbocycles. The second kappa shape index (κ2) is 11.8. The van der Waals surface area contributed by atoms with Crippen molar-refractivity contribution in [2.75, 3.05) is 28.7 Å². The number of nitrogens with zero attached hydrogens (tertiary/aromatic N) is 4. The minimum absolute atomic E-state index is 0.0226. The number of carbonyl (C=O) groups is 3. The smallest absolute Gasteiger partial charge is 0.352 e. The Morgan fingerprint density at radius 2 is 1.92 bits per heavy atom. The number of nitrogens with two attached hydrogens (primary N) is 2. The number of halogens is 2. The number of fused-ring (bicyclic) bond motifs is 1. The van der Waals surface area contributed by atoms with Crippen molar-refractivity contribution in [1.29, 1.82) is 0 Å². The number of thioether (sulfide) groups is 3. The lowest BCUT2D eigenvalue weighted by molar-refractivity contribution is -0.150. The Kier molecular flexibility index (Phi) is 8.75. The van der Waals surface area contributed by atoms with Gasteiger partial charge in [0.05, 0.1) is 5.75 Å². The molecule has 4 heterocycles. The van der Waals surface area contributed by atoms with Gasteiger partial charge in [-0.05, 0) is 17.7 Å². The SMILES string of the molecule is Nc1cc(SC/C=C/C2=C(C(=O)O)N3C(=O)[C@@H](NC(=O)CSc4cc(Cl)nc(Cl)c4)[C@H]3SC2)nc(N)n1. The Balaban J connectivity index is 1.36. The zero-order chi connectivity index (χ0) is 26.7. The van der Waals surface area contributed by atoms with Crippen molar-refractivity contribution in [2.45, 2.75) is 21.3 Å². The largest absolute Gasteiger partial charge is 0.477 e. The van der Waals surface area contributed by atoms with E-state index in [1.807, 2.05) is 0 Å². The number of carbonyl (C=O) groups excluding carboxylic acids is 2.